The zero-order chi connectivity index (χ0) is 13.8. The van der Waals surface area contributed by atoms with Gasteiger partial charge < -0.3 is 5.73 Å². The molecule has 4 heteroatoms. The highest BCUT2D eigenvalue weighted by atomic mass is 79.9. The molecule has 0 spiro atoms. The highest BCUT2D eigenvalue weighted by Gasteiger charge is 2.25. The zero-order valence-electron chi connectivity index (χ0n) is 11.4. The Kier molecular flexibility index (Phi) is 5.70. The Labute approximate surface area is 129 Å². The summed E-state index contributed by atoms with van der Waals surface area (Å²) in [7, 11) is 2.20. The van der Waals surface area contributed by atoms with E-state index in [0.717, 1.165) is 9.50 Å². The Morgan fingerprint density at radius 2 is 2.05 bits per heavy atom. The third kappa shape index (κ3) is 3.72. The quantitative estimate of drug-likeness (QED) is 0.878. The molecule has 1 aromatic carbocycles. The van der Waals surface area contributed by atoms with Gasteiger partial charge in [-0.25, -0.2) is 0 Å². The van der Waals surface area contributed by atoms with Crippen LogP contribution in [0.25, 0.3) is 0 Å². The van der Waals surface area contributed by atoms with Gasteiger partial charge in [-0.15, -0.1) is 0 Å². The molecule has 106 valence electrons. The topological polar surface area (TPSA) is 29.3 Å². The summed E-state index contributed by atoms with van der Waals surface area (Å²) >= 11 is 9.63. The summed E-state index contributed by atoms with van der Waals surface area (Å²) < 4.78 is 1.05. The zero-order valence-corrected chi connectivity index (χ0v) is 13.8. The van der Waals surface area contributed by atoms with Crippen molar-refractivity contribution in [2.75, 3.05) is 13.6 Å². The van der Waals surface area contributed by atoms with Crippen LogP contribution in [0.1, 0.15) is 43.7 Å². The first-order valence-electron chi connectivity index (χ1n) is 7.00. The maximum Gasteiger partial charge on any atom is 0.0481 e. The van der Waals surface area contributed by atoms with Gasteiger partial charge in [-0.05, 0) is 37.6 Å². The van der Waals surface area contributed by atoms with Crippen molar-refractivity contribution in [1.82, 2.24) is 4.90 Å². The third-order valence-corrected chi connectivity index (χ3v) is 5.11. The number of hydrogen-bond acceptors (Lipinski definition) is 2. The molecule has 1 atom stereocenters. The minimum absolute atomic E-state index is 0.259. The van der Waals surface area contributed by atoms with Crippen LogP contribution in [-0.2, 0) is 0 Å². The number of nitrogens with zero attached hydrogens (tertiary/aromatic N) is 1. The van der Waals surface area contributed by atoms with Crippen LogP contribution in [-0.4, -0.2) is 24.5 Å². The summed E-state index contributed by atoms with van der Waals surface area (Å²) in [5.74, 6) is 0. The van der Waals surface area contributed by atoms with Crippen molar-refractivity contribution in [2.45, 2.75) is 44.2 Å². The first-order chi connectivity index (χ1) is 9.13. The van der Waals surface area contributed by atoms with Crippen LogP contribution in [0.2, 0.25) is 5.02 Å². The summed E-state index contributed by atoms with van der Waals surface area (Å²) in [5.41, 5.74) is 7.26. The van der Waals surface area contributed by atoms with E-state index in [1.165, 1.54) is 37.7 Å². The molecule has 19 heavy (non-hydrogen) atoms. The van der Waals surface area contributed by atoms with Crippen molar-refractivity contribution in [3.63, 3.8) is 0 Å². The smallest absolute Gasteiger partial charge is 0.0481 e. The molecular weight excluding hydrogens is 324 g/mol. The van der Waals surface area contributed by atoms with Crippen molar-refractivity contribution in [3.8, 4) is 0 Å². The normalized spacial score (nSPS) is 18.8. The Morgan fingerprint density at radius 3 is 2.63 bits per heavy atom. The van der Waals surface area contributed by atoms with Crippen LogP contribution in [0.5, 0.6) is 0 Å². The van der Waals surface area contributed by atoms with Gasteiger partial charge in [0.2, 0.25) is 0 Å². The van der Waals surface area contributed by atoms with Gasteiger partial charge in [-0.2, -0.15) is 0 Å². The number of likely N-dealkylation sites (N-methyl/N-ethyl adjacent to an activating group) is 1. The van der Waals surface area contributed by atoms with Crippen molar-refractivity contribution >= 4 is 27.5 Å². The Morgan fingerprint density at radius 1 is 1.37 bits per heavy atom. The minimum Gasteiger partial charge on any atom is -0.329 e. The first-order valence-corrected chi connectivity index (χ1v) is 8.17. The van der Waals surface area contributed by atoms with Crippen molar-refractivity contribution in [3.05, 3.63) is 33.3 Å². The monoisotopic (exact) mass is 344 g/mol. The highest BCUT2D eigenvalue weighted by molar-refractivity contribution is 9.10. The molecule has 0 heterocycles. The standard InChI is InChI=1S/C15H22BrClN2/c1-19(12-5-3-2-4-6-12)15(10-18)13-8-7-11(17)9-14(13)16/h7-9,12,15H,2-6,10,18H2,1H3. The van der Waals surface area contributed by atoms with Crippen molar-refractivity contribution in [2.24, 2.45) is 5.73 Å². The summed E-state index contributed by atoms with van der Waals surface area (Å²) in [5, 5.41) is 0.756. The molecule has 2 rings (SSSR count). The van der Waals surface area contributed by atoms with Gasteiger partial charge in [0.15, 0.2) is 0 Å². The summed E-state index contributed by atoms with van der Waals surface area (Å²) in [6.07, 6.45) is 6.64. The molecule has 0 aliphatic heterocycles. The lowest BCUT2D eigenvalue weighted by Gasteiger charge is -2.37. The summed E-state index contributed by atoms with van der Waals surface area (Å²) in [4.78, 5) is 2.45. The average Bonchev–Trinajstić information content (AvgIpc) is 2.42. The molecule has 0 amide bonds. The number of benzene rings is 1. The summed E-state index contributed by atoms with van der Waals surface area (Å²) in [6.45, 7) is 0.632. The van der Waals surface area contributed by atoms with E-state index in [2.05, 4.69) is 33.9 Å². The number of halogens is 2. The first kappa shape index (κ1) is 15.3. The lowest BCUT2D eigenvalue weighted by Crippen LogP contribution is -2.39. The molecule has 1 unspecified atom stereocenters. The molecule has 1 fully saturated rings. The van der Waals surface area contributed by atoms with Crippen LogP contribution in [0.4, 0.5) is 0 Å². The number of nitrogens with two attached hydrogens (primary N) is 1. The van der Waals surface area contributed by atoms with Gasteiger partial charge in [0, 0.05) is 28.1 Å². The molecule has 0 saturated heterocycles. The van der Waals surface area contributed by atoms with Crippen LogP contribution >= 0.6 is 27.5 Å². The highest BCUT2D eigenvalue weighted by Crippen LogP contribution is 2.33. The molecular formula is C15H22BrClN2. The van der Waals surface area contributed by atoms with Gasteiger partial charge >= 0.3 is 0 Å². The van der Waals surface area contributed by atoms with Gasteiger partial charge in [0.05, 0.1) is 0 Å². The van der Waals surface area contributed by atoms with Crippen molar-refractivity contribution < 1.29 is 0 Å². The van der Waals surface area contributed by atoms with E-state index in [1.54, 1.807) is 0 Å². The molecule has 1 aliphatic carbocycles. The largest absolute Gasteiger partial charge is 0.329 e. The van der Waals surface area contributed by atoms with E-state index >= 15 is 0 Å². The van der Waals surface area contributed by atoms with Crippen molar-refractivity contribution in [1.29, 1.82) is 0 Å². The fourth-order valence-electron chi connectivity index (χ4n) is 3.03. The molecule has 1 aliphatic rings. The minimum atomic E-state index is 0.259. The predicted molar refractivity (Wildman–Crippen MR) is 85.6 cm³/mol. The molecule has 2 nitrogen and oxygen atoms in total. The second-order valence-electron chi connectivity index (χ2n) is 5.37. The summed E-state index contributed by atoms with van der Waals surface area (Å²) in [6, 6.07) is 6.90. The fraction of sp³-hybridized carbons (Fsp3) is 0.600. The number of rotatable bonds is 4. The molecule has 0 bridgehead atoms. The van der Waals surface area contributed by atoms with Gasteiger partial charge in [-0.3, -0.25) is 4.90 Å². The van der Waals surface area contributed by atoms with Gasteiger partial charge in [0.25, 0.3) is 0 Å². The lowest BCUT2D eigenvalue weighted by atomic mass is 9.92. The Bertz CT molecular complexity index is 419. The molecule has 0 aromatic heterocycles. The van der Waals surface area contributed by atoms with Gasteiger partial charge in [-0.1, -0.05) is 52.9 Å². The van der Waals surface area contributed by atoms with Crippen LogP contribution < -0.4 is 5.73 Å². The SMILES string of the molecule is CN(C1CCCCC1)C(CN)c1ccc(Cl)cc1Br. The van der Waals surface area contributed by atoms with E-state index < -0.39 is 0 Å². The molecule has 0 radical (unpaired) electrons. The van der Waals surface area contributed by atoms with E-state index in [0.29, 0.717) is 12.6 Å². The van der Waals surface area contributed by atoms with Crippen LogP contribution in [0, 0.1) is 0 Å². The van der Waals surface area contributed by atoms with E-state index in [1.807, 2.05) is 12.1 Å². The van der Waals surface area contributed by atoms with E-state index in [-0.39, 0.29) is 6.04 Å². The fourth-order valence-corrected chi connectivity index (χ4v) is 3.97. The Balaban J connectivity index is 2.18. The second-order valence-corrected chi connectivity index (χ2v) is 6.67. The maximum atomic E-state index is 6.02. The van der Waals surface area contributed by atoms with Crippen LogP contribution in [0.15, 0.2) is 22.7 Å². The maximum absolute atomic E-state index is 6.02. The third-order valence-electron chi connectivity index (χ3n) is 4.19. The lowest BCUT2D eigenvalue weighted by molar-refractivity contribution is 0.140. The van der Waals surface area contributed by atoms with E-state index in [4.69, 9.17) is 17.3 Å². The molecule has 1 aromatic rings. The molecule has 2 N–H and O–H groups in total. The number of hydrogen-bond donors (Lipinski definition) is 1. The second kappa shape index (κ2) is 7.07. The molecule has 1 saturated carbocycles. The van der Waals surface area contributed by atoms with E-state index in [9.17, 15) is 0 Å². The predicted octanol–water partition coefficient (Wildman–Crippen LogP) is 4.37. The van der Waals surface area contributed by atoms with Crippen LogP contribution in [0.3, 0.4) is 0 Å². The average molecular weight is 346 g/mol. The Hall–Kier alpha value is -0.0900. The van der Waals surface area contributed by atoms with Gasteiger partial charge in [0.1, 0.15) is 0 Å².